The van der Waals surface area contributed by atoms with Crippen molar-refractivity contribution in [2.45, 2.75) is 22.3 Å². The molecule has 0 aliphatic carbocycles. The Kier molecular flexibility index (Phi) is 7.49. The predicted octanol–water partition coefficient (Wildman–Crippen LogP) is 3.26. The first-order valence-electron chi connectivity index (χ1n) is 7.49. The van der Waals surface area contributed by atoms with E-state index in [-0.39, 0.29) is 24.0 Å². The molecule has 2 aromatic rings. The minimum absolute atomic E-state index is 0. The topological polar surface area (TPSA) is 113 Å². The Morgan fingerprint density at radius 1 is 1.13 bits per heavy atom. The minimum atomic E-state index is -5.53. The lowest BCUT2D eigenvalue weighted by molar-refractivity contribution is -0.157. The molecule has 0 aliphatic rings. The summed E-state index contributed by atoms with van der Waals surface area (Å²) in [5, 5.41) is 0. The molecule has 0 spiro atoms. The van der Waals surface area contributed by atoms with E-state index in [9.17, 15) is 43.3 Å². The van der Waals surface area contributed by atoms with E-state index >= 15 is 0 Å². The monoisotopic (exact) mass is 515 g/mol. The predicted molar refractivity (Wildman–Crippen MR) is 95.4 cm³/mol. The van der Waals surface area contributed by atoms with Gasteiger partial charge < -0.3 is 4.55 Å². The van der Waals surface area contributed by atoms with E-state index in [1.54, 1.807) is 4.72 Å². The van der Waals surface area contributed by atoms with E-state index in [1.165, 1.54) is 0 Å². The fourth-order valence-electron chi connectivity index (χ4n) is 2.46. The molecule has 0 saturated carbocycles. The average Bonchev–Trinajstić information content (AvgIpc) is 2.97. The van der Waals surface area contributed by atoms with Gasteiger partial charge in [-0.2, -0.15) is 13.2 Å². The summed E-state index contributed by atoms with van der Waals surface area (Å²) in [7, 11) is -10.3. The van der Waals surface area contributed by atoms with Crippen molar-refractivity contribution in [1.82, 2.24) is 4.72 Å². The third-order valence-electron chi connectivity index (χ3n) is 3.51. The zero-order valence-electron chi connectivity index (χ0n) is 15.2. The summed E-state index contributed by atoms with van der Waals surface area (Å²) >= 11 is 6.08. The summed E-state index contributed by atoms with van der Waals surface area (Å²) < 4.78 is 130. The van der Waals surface area contributed by atoms with Crippen molar-refractivity contribution >= 4 is 43.4 Å². The van der Waals surface area contributed by atoms with Crippen LogP contribution in [0.15, 0.2) is 34.5 Å². The summed E-state index contributed by atoms with van der Waals surface area (Å²) in [4.78, 5) is 0. The van der Waals surface area contributed by atoms with E-state index in [2.05, 4.69) is 4.18 Å². The highest BCUT2D eigenvalue weighted by molar-refractivity contribution is 7.91. The normalized spacial score (nSPS) is 15.2. The molecule has 1 N–H and O–H groups in total. The van der Waals surface area contributed by atoms with Gasteiger partial charge in [-0.25, -0.2) is 30.3 Å². The van der Waals surface area contributed by atoms with E-state index in [0.717, 1.165) is 12.1 Å². The summed E-state index contributed by atoms with van der Waals surface area (Å²) in [6, 6.07) is 0.467. The van der Waals surface area contributed by atoms with Gasteiger partial charge in [-0.1, -0.05) is 11.6 Å². The minimum Gasteiger partial charge on any atom is -0.726 e. The number of rotatable bonds is 8. The maximum absolute atomic E-state index is 13.7. The second-order valence-electron chi connectivity index (χ2n) is 5.70. The third-order valence-corrected chi connectivity index (χ3v) is 7.15. The van der Waals surface area contributed by atoms with Gasteiger partial charge in [-0.15, -0.1) is 11.3 Å². The number of benzene rings is 1. The van der Waals surface area contributed by atoms with Gasteiger partial charge in [0.1, 0.15) is 15.8 Å². The van der Waals surface area contributed by atoms with Crippen LogP contribution in [-0.2, 0) is 24.6 Å². The molecule has 0 saturated heterocycles. The van der Waals surface area contributed by atoms with E-state index < -0.39 is 66.6 Å². The standard InChI is InChI=1S/C14H11ClF5NO6S3/c15-11-1-2-12(28-11)29(22,23)21-10(6-27-30(24,25)26)13(14(18,19)20)7-3-8(16)5-9(17)4-7/h1-5,10,13,21H,6H2,(H,24,25,26)/t10-,13+/m0/s1. The van der Waals surface area contributed by atoms with Gasteiger partial charge in [0.05, 0.1) is 22.9 Å². The molecule has 7 nitrogen and oxygen atoms in total. The zero-order chi connectivity index (χ0) is 22.9. The highest BCUT2D eigenvalue weighted by Gasteiger charge is 2.48. The number of sulfonamides is 1. The molecule has 0 bridgehead atoms. The molecule has 30 heavy (non-hydrogen) atoms. The van der Waals surface area contributed by atoms with Gasteiger partial charge in [0.15, 0.2) is 0 Å². The number of nitrogens with one attached hydrogen (secondary N) is 1. The lowest BCUT2D eigenvalue weighted by Crippen LogP contribution is -2.47. The van der Waals surface area contributed by atoms with Crippen LogP contribution in [0.2, 0.25) is 4.34 Å². The zero-order valence-corrected chi connectivity index (χ0v) is 17.4. The van der Waals surface area contributed by atoms with E-state index in [1.807, 2.05) is 0 Å². The molecule has 0 fully saturated rings. The number of halogens is 6. The van der Waals surface area contributed by atoms with Crippen molar-refractivity contribution in [3.05, 3.63) is 51.9 Å². The lowest BCUT2D eigenvalue weighted by Gasteiger charge is -2.30. The molecule has 0 radical (unpaired) electrons. The van der Waals surface area contributed by atoms with Crippen molar-refractivity contribution in [2.75, 3.05) is 6.61 Å². The first-order valence-corrected chi connectivity index (χ1v) is 11.5. The van der Waals surface area contributed by atoms with Crippen LogP contribution < -0.4 is 4.72 Å². The number of thiophene rings is 1. The SMILES string of the molecule is O=S(=O)([O-])OC[C@H](NS(=O)(=O)c1ccc(Cl)s1)[C@@H](c1cc(F)cc(F)c1)C(F)(F)F.[H+]. The highest BCUT2D eigenvalue weighted by atomic mass is 35.5. The van der Waals surface area contributed by atoms with Crippen LogP contribution in [-0.4, -0.2) is 40.2 Å². The highest BCUT2D eigenvalue weighted by Crippen LogP contribution is 2.39. The first kappa shape index (κ1) is 24.9. The van der Waals surface area contributed by atoms with Gasteiger partial charge >= 0.3 is 7.60 Å². The maximum atomic E-state index is 13.7. The Hall–Kier alpha value is -1.36. The molecule has 0 unspecified atom stereocenters. The molecule has 0 amide bonds. The van der Waals surface area contributed by atoms with E-state index in [0.29, 0.717) is 11.3 Å². The Morgan fingerprint density at radius 2 is 1.70 bits per heavy atom. The van der Waals surface area contributed by atoms with Crippen LogP contribution in [0, 0.1) is 11.6 Å². The smallest absolute Gasteiger partial charge is 0.726 e. The fourth-order valence-corrected chi connectivity index (χ4v) is 5.50. The van der Waals surface area contributed by atoms with Crippen molar-refractivity contribution in [3.63, 3.8) is 0 Å². The van der Waals surface area contributed by atoms with Gasteiger partial charge in [0.25, 0.3) is 0 Å². The number of alkyl halides is 3. The van der Waals surface area contributed by atoms with Gasteiger partial charge in [-0.3, -0.25) is 4.18 Å². The molecule has 1 aromatic heterocycles. The number of hydrogen-bond donors (Lipinski definition) is 1. The Bertz CT molecular complexity index is 1110. The first-order chi connectivity index (χ1) is 13.6. The number of hydrogen-bond acceptors (Lipinski definition) is 7. The molecule has 16 heteroatoms. The van der Waals surface area contributed by atoms with Crippen LogP contribution in [0.5, 0.6) is 0 Å². The Morgan fingerprint density at radius 3 is 2.13 bits per heavy atom. The van der Waals surface area contributed by atoms with Crippen LogP contribution in [0.1, 0.15) is 12.9 Å². The quantitative estimate of drug-likeness (QED) is 0.328. The van der Waals surface area contributed by atoms with Crippen LogP contribution in [0.3, 0.4) is 0 Å². The molecule has 2 rings (SSSR count). The Labute approximate surface area is 177 Å². The Balaban J connectivity index is 0.00000480. The largest absolute Gasteiger partial charge is 1.00 e. The second-order valence-corrected chi connectivity index (χ2v) is 10.4. The van der Waals surface area contributed by atoms with Crippen molar-refractivity contribution in [1.29, 1.82) is 0 Å². The summed E-state index contributed by atoms with van der Waals surface area (Å²) in [6.07, 6.45) is -5.34. The van der Waals surface area contributed by atoms with Gasteiger partial charge in [-0.05, 0) is 29.8 Å². The lowest BCUT2D eigenvalue weighted by atomic mass is 9.91. The molecular formula is C14H11ClF5NO6S3. The van der Waals surface area contributed by atoms with Crippen molar-refractivity contribution in [2.24, 2.45) is 0 Å². The third kappa shape index (κ3) is 6.83. The molecular weight excluding hydrogens is 505 g/mol. The fraction of sp³-hybridized carbons (Fsp3) is 0.286. The molecule has 1 heterocycles. The maximum Gasteiger partial charge on any atom is 1.00 e. The molecule has 1 aromatic carbocycles. The summed E-state index contributed by atoms with van der Waals surface area (Å²) in [5.74, 6) is -5.78. The van der Waals surface area contributed by atoms with Gasteiger partial charge in [0, 0.05) is 6.07 Å². The van der Waals surface area contributed by atoms with Crippen LogP contribution in [0.25, 0.3) is 0 Å². The summed E-state index contributed by atoms with van der Waals surface area (Å²) in [6.45, 7) is -1.60. The summed E-state index contributed by atoms with van der Waals surface area (Å²) in [5.41, 5.74) is -1.07. The van der Waals surface area contributed by atoms with Crippen LogP contribution >= 0.6 is 22.9 Å². The molecule has 2 atom stereocenters. The van der Waals surface area contributed by atoms with Gasteiger partial charge in [0.2, 0.25) is 20.4 Å². The second kappa shape index (κ2) is 9.02. The average molecular weight is 516 g/mol. The molecule has 0 aliphatic heterocycles. The van der Waals surface area contributed by atoms with Crippen molar-refractivity contribution < 1.29 is 49.0 Å². The van der Waals surface area contributed by atoms with Crippen LogP contribution in [0.4, 0.5) is 22.0 Å². The van der Waals surface area contributed by atoms with Crippen molar-refractivity contribution in [3.8, 4) is 0 Å². The molecule has 168 valence electrons. The van der Waals surface area contributed by atoms with E-state index in [4.69, 9.17) is 11.6 Å².